The van der Waals surface area contributed by atoms with Crippen molar-refractivity contribution >= 4 is 42.3 Å². The highest BCUT2D eigenvalue weighted by atomic mass is 28.5. The Bertz CT molecular complexity index is 927. The van der Waals surface area contributed by atoms with Crippen molar-refractivity contribution in [2.75, 3.05) is 13.2 Å². The van der Waals surface area contributed by atoms with E-state index in [-0.39, 0.29) is 0 Å². The van der Waals surface area contributed by atoms with Crippen LogP contribution in [0.2, 0.25) is 38.3 Å². The Labute approximate surface area is 225 Å². The van der Waals surface area contributed by atoms with Crippen LogP contribution in [0.3, 0.4) is 0 Å². The molecule has 1 aromatic carbocycles. The first-order chi connectivity index (χ1) is 17.4. The average Bonchev–Trinajstić information content (AvgIpc) is 2.87. The summed E-state index contributed by atoms with van der Waals surface area (Å²) < 4.78 is 24.6. The highest BCUT2D eigenvalue weighted by molar-refractivity contribution is 6.99. The zero-order chi connectivity index (χ0) is 28.0. The third-order valence-corrected chi connectivity index (χ3v) is 17.5. The molecular formula is C28H42O6Si3. The Kier molecular flexibility index (Phi) is 13.7. The molecule has 0 radical (unpaired) electrons. The van der Waals surface area contributed by atoms with Crippen LogP contribution < -0.4 is 5.19 Å². The van der Waals surface area contributed by atoms with E-state index in [0.717, 1.165) is 22.5 Å². The number of benzene rings is 1. The Hall–Kier alpha value is -2.57. The second-order valence-electron chi connectivity index (χ2n) is 9.78. The predicted molar refractivity (Wildman–Crippen MR) is 159 cm³/mol. The van der Waals surface area contributed by atoms with Gasteiger partial charge in [0.1, 0.15) is 0 Å². The molecule has 0 heterocycles. The maximum atomic E-state index is 11.4. The van der Waals surface area contributed by atoms with Crippen molar-refractivity contribution in [3.8, 4) is 0 Å². The number of ether oxygens (including phenoxy) is 2. The lowest BCUT2D eigenvalue weighted by Crippen LogP contribution is -2.64. The number of carbonyl (C=O) groups is 2. The second-order valence-corrected chi connectivity index (χ2v) is 21.9. The van der Waals surface area contributed by atoms with Crippen molar-refractivity contribution in [2.24, 2.45) is 0 Å². The monoisotopic (exact) mass is 558 g/mol. The second kappa shape index (κ2) is 15.6. The number of esters is 2. The number of allylic oxidation sites excluding steroid dienone is 4. The van der Waals surface area contributed by atoms with Gasteiger partial charge in [-0.25, -0.2) is 9.59 Å². The first kappa shape index (κ1) is 32.5. The summed E-state index contributed by atoms with van der Waals surface area (Å²) in [5, 5.41) is 1.79. The molecule has 0 aromatic heterocycles. The van der Waals surface area contributed by atoms with Crippen LogP contribution in [0.1, 0.15) is 12.8 Å². The zero-order valence-corrected chi connectivity index (χ0v) is 25.8. The van der Waals surface area contributed by atoms with Gasteiger partial charge in [0, 0.05) is 12.2 Å². The van der Waals surface area contributed by atoms with Crippen LogP contribution in [0, 0.1) is 0 Å². The number of hydrogen-bond donors (Lipinski definition) is 0. The molecule has 0 saturated carbocycles. The third kappa shape index (κ3) is 11.6. The maximum absolute atomic E-state index is 11.4. The van der Waals surface area contributed by atoms with Gasteiger partial charge in [0.05, 0.1) is 13.2 Å². The molecule has 0 bridgehead atoms. The van der Waals surface area contributed by atoms with Gasteiger partial charge in [0.15, 0.2) is 16.6 Å². The molecule has 0 aliphatic heterocycles. The Morgan fingerprint density at radius 2 is 1.27 bits per heavy atom. The normalized spacial score (nSPS) is 12.1. The van der Waals surface area contributed by atoms with Gasteiger partial charge in [-0.15, -0.1) is 0 Å². The van der Waals surface area contributed by atoms with E-state index < -0.39 is 37.1 Å². The molecule has 0 saturated heterocycles. The van der Waals surface area contributed by atoms with E-state index in [1.807, 2.05) is 42.5 Å². The quantitative estimate of drug-likeness (QED) is 0.0739. The van der Waals surface area contributed by atoms with Gasteiger partial charge in [0.25, 0.3) is 0 Å². The summed E-state index contributed by atoms with van der Waals surface area (Å²) in [6.07, 6.45) is 9.20. The molecular weight excluding hydrogens is 517 g/mol. The number of carbonyl (C=O) groups excluding carboxylic acids is 2. The molecule has 1 aromatic rings. The fraction of sp³-hybridized carbons (Fsp3) is 0.357. The summed E-state index contributed by atoms with van der Waals surface area (Å²) >= 11 is 0. The van der Waals surface area contributed by atoms with Crippen LogP contribution in [-0.2, 0) is 27.3 Å². The van der Waals surface area contributed by atoms with E-state index in [1.165, 1.54) is 12.2 Å². The van der Waals surface area contributed by atoms with Crippen molar-refractivity contribution in [3.63, 3.8) is 0 Å². The highest BCUT2D eigenvalue weighted by Gasteiger charge is 2.50. The van der Waals surface area contributed by atoms with Crippen LogP contribution in [-0.4, -0.2) is 50.3 Å². The van der Waals surface area contributed by atoms with E-state index in [1.54, 1.807) is 6.08 Å². The van der Waals surface area contributed by atoms with Gasteiger partial charge in [-0.3, -0.25) is 0 Å². The standard InChI is InChI=1S/C28H42O6Si3/c1-9-12-18-25(4)37(26-19-14-13-15-20-26,33-35(5,6)23-16-21-31-27(29)10-2)34-36(7,8)24-17-22-32-28(30)11-3/h9-15,18-20H,1-4,16-17,21-24H2,5-8H3/b18-12-. The summed E-state index contributed by atoms with van der Waals surface area (Å²) in [4.78, 5) is 22.9. The smallest absolute Gasteiger partial charge is 0.385 e. The molecule has 202 valence electrons. The number of rotatable bonds is 18. The van der Waals surface area contributed by atoms with Crippen molar-refractivity contribution in [2.45, 2.75) is 51.1 Å². The molecule has 9 heteroatoms. The predicted octanol–water partition coefficient (Wildman–Crippen LogP) is 5.86. The van der Waals surface area contributed by atoms with E-state index in [4.69, 9.17) is 17.7 Å². The molecule has 0 atom stereocenters. The van der Waals surface area contributed by atoms with E-state index in [0.29, 0.717) is 26.1 Å². The fourth-order valence-corrected chi connectivity index (χ4v) is 16.6. The van der Waals surface area contributed by atoms with E-state index in [9.17, 15) is 9.59 Å². The Balaban J connectivity index is 3.31. The van der Waals surface area contributed by atoms with Gasteiger partial charge in [-0.2, -0.15) is 0 Å². The minimum atomic E-state index is -3.21. The summed E-state index contributed by atoms with van der Waals surface area (Å²) in [5.74, 6) is -0.850. The number of hydrogen-bond acceptors (Lipinski definition) is 6. The summed E-state index contributed by atoms with van der Waals surface area (Å²) in [7, 11) is -7.86. The fourth-order valence-electron chi connectivity index (χ4n) is 3.75. The van der Waals surface area contributed by atoms with Crippen LogP contribution in [0.5, 0.6) is 0 Å². The molecule has 0 amide bonds. The molecule has 0 N–H and O–H groups in total. The third-order valence-electron chi connectivity index (χ3n) is 5.52. The summed E-state index contributed by atoms with van der Waals surface area (Å²) in [5.41, 5.74) is 0. The summed E-state index contributed by atoms with van der Waals surface area (Å²) in [6.45, 7) is 24.4. The molecule has 0 spiro atoms. The molecule has 1 rings (SSSR count). The maximum Gasteiger partial charge on any atom is 0.385 e. The van der Waals surface area contributed by atoms with Gasteiger partial charge >= 0.3 is 20.5 Å². The van der Waals surface area contributed by atoms with Gasteiger partial charge in [-0.1, -0.05) is 74.9 Å². The lowest BCUT2D eigenvalue weighted by molar-refractivity contribution is -0.138. The Morgan fingerprint density at radius 1 is 0.811 bits per heavy atom. The molecule has 0 aliphatic carbocycles. The topological polar surface area (TPSA) is 71.1 Å². The average molecular weight is 559 g/mol. The van der Waals surface area contributed by atoms with Gasteiger partial charge < -0.3 is 17.7 Å². The minimum absolute atomic E-state index is 0.312. The first-order valence-corrected chi connectivity index (χ1v) is 20.5. The van der Waals surface area contributed by atoms with Crippen LogP contribution in [0.4, 0.5) is 0 Å². The van der Waals surface area contributed by atoms with Crippen LogP contribution in [0.15, 0.2) is 92.2 Å². The minimum Gasteiger partial charge on any atom is -0.463 e. The van der Waals surface area contributed by atoms with Crippen LogP contribution >= 0.6 is 0 Å². The van der Waals surface area contributed by atoms with Crippen molar-refractivity contribution in [3.05, 3.63) is 92.2 Å². The highest BCUT2D eigenvalue weighted by Crippen LogP contribution is 2.31. The van der Waals surface area contributed by atoms with Gasteiger partial charge in [-0.05, 0) is 61.5 Å². The SMILES string of the molecule is C=C/C=C\C(=C)[Si](O[Si](C)(C)CCCOC(=O)C=C)(O[Si](C)(C)CCCOC(=O)C=C)c1ccccc1. The lowest BCUT2D eigenvalue weighted by atomic mass is 10.4. The molecule has 0 aliphatic rings. The van der Waals surface area contributed by atoms with Crippen molar-refractivity contribution < 1.29 is 27.3 Å². The van der Waals surface area contributed by atoms with Crippen molar-refractivity contribution in [1.29, 1.82) is 0 Å². The zero-order valence-electron chi connectivity index (χ0n) is 22.8. The summed E-state index contributed by atoms with van der Waals surface area (Å²) in [6, 6.07) is 11.6. The van der Waals surface area contributed by atoms with E-state index in [2.05, 4.69) is 52.5 Å². The lowest BCUT2D eigenvalue weighted by Gasteiger charge is -2.43. The molecule has 0 unspecified atom stereocenters. The Morgan fingerprint density at radius 3 is 1.68 bits per heavy atom. The van der Waals surface area contributed by atoms with Gasteiger partial charge in [0.2, 0.25) is 0 Å². The molecule has 0 fully saturated rings. The largest absolute Gasteiger partial charge is 0.463 e. The molecule has 37 heavy (non-hydrogen) atoms. The molecule has 6 nitrogen and oxygen atoms in total. The van der Waals surface area contributed by atoms with E-state index >= 15 is 0 Å². The first-order valence-electron chi connectivity index (χ1n) is 12.4. The van der Waals surface area contributed by atoms with Crippen molar-refractivity contribution in [1.82, 2.24) is 0 Å². The van der Waals surface area contributed by atoms with Crippen LogP contribution in [0.25, 0.3) is 0 Å².